The highest BCUT2D eigenvalue weighted by Crippen LogP contribution is 2.37. The van der Waals surface area contributed by atoms with Crippen LogP contribution in [0.1, 0.15) is 49.2 Å². The number of ether oxygens (including phenoxy) is 1. The third-order valence-corrected chi connectivity index (χ3v) is 13.8. The van der Waals surface area contributed by atoms with Crippen LogP contribution < -0.4 is 20.3 Å². The van der Waals surface area contributed by atoms with Crippen molar-refractivity contribution in [3.8, 4) is 33.3 Å². The fraction of sp³-hybridized carbons (Fsp3) is 0.467. The van der Waals surface area contributed by atoms with Gasteiger partial charge in [0.1, 0.15) is 30.0 Å². The number of aliphatic hydroxyl groups is 1. The van der Waals surface area contributed by atoms with Crippen LogP contribution in [0.5, 0.6) is 11.6 Å². The van der Waals surface area contributed by atoms with E-state index in [9.17, 15) is 19.8 Å². The quantitative estimate of drug-likeness (QED) is 0.130. The highest BCUT2D eigenvalue weighted by atomic mass is 32.1. The average Bonchev–Trinajstić information content (AvgIpc) is 4.03. The maximum Gasteiger partial charge on any atom is 0.254 e. The van der Waals surface area contributed by atoms with Crippen molar-refractivity contribution in [3.63, 3.8) is 0 Å². The number of anilines is 2. The number of hydrogen-bond acceptors (Lipinski definition) is 15. The number of carbonyl (C=O) groups is 2. The van der Waals surface area contributed by atoms with Gasteiger partial charge in [0.15, 0.2) is 5.82 Å². The van der Waals surface area contributed by atoms with E-state index in [0.717, 1.165) is 87.3 Å². The zero-order valence-corrected chi connectivity index (χ0v) is 36.3. The molecule has 16 nitrogen and oxygen atoms in total. The number of aromatic hydroxyl groups is 1. The van der Waals surface area contributed by atoms with Crippen LogP contribution in [0, 0.1) is 18.7 Å². The number of phenolic OH excluding ortho intramolecular Hbond substituents is 1. The molecule has 3 fully saturated rings. The summed E-state index contributed by atoms with van der Waals surface area (Å²) < 4.78 is 26.6. The molecule has 18 heteroatoms. The molecule has 5 aromatic rings. The molecular formula is C45H53FN10O6S. The Labute approximate surface area is 369 Å². The number of piperidine rings is 1. The number of benzene rings is 2. The van der Waals surface area contributed by atoms with Gasteiger partial charge in [-0.25, -0.2) is 9.37 Å². The van der Waals surface area contributed by atoms with Crippen molar-refractivity contribution in [1.29, 1.82) is 0 Å². The fourth-order valence-electron chi connectivity index (χ4n) is 9.40. The topological polar surface area (TPSA) is 186 Å². The Balaban J connectivity index is 0.696. The normalized spacial score (nSPS) is 21.1. The Morgan fingerprint density at radius 2 is 1.90 bits per heavy atom. The highest BCUT2D eigenvalue weighted by molar-refractivity contribution is 7.13. The van der Waals surface area contributed by atoms with Crippen LogP contribution in [0.4, 0.5) is 15.9 Å². The highest BCUT2D eigenvalue weighted by Gasteiger charge is 2.40. The Kier molecular flexibility index (Phi) is 12.6. The summed E-state index contributed by atoms with van der Waals surface area (Å²) in [7, 11) is 0. The molecule has 0 radical (unpaired) electrons. The molecule has 4 aliphatic rings. The number of amides is 2. The van der Waals surface area contributed by atoms with Gasteiger partial charge in [0.2, 0.25) is 11.8 Å². The van der Waals surface area contributed by atoms with Crippen LogP contribution in [-0.2, 0) is 16.0 Å². The van der Waals surface area contributed by atoms with E-state index in [4.69, 9.17) is 9.26 Å². The van der Waals surface area contributed by atoms with Crippen molar-refractivity contribution in [2.45, 2.75) is 63.8 Å². The number of phenols is 1. The lowest BCUT2D eigenvalue weighted by Crippen LogP contribution is -2.58. The molecule has 2 aromatic carbocycles. The van der Waals surface area contributed by atoms with Crippen molar-refractivity contribution < 1.29 is 33.5 Å². The van der Waals surface area contributed by atoms with E-state index in [0.29, 0.717) is 46.7 Å². The van der Waals surface area contributed by atoms with Crippen molar-refractivity contribution in [3.05, 3.63) is 82.9 Å². The van der Waals surface area contributed by atoms with Crippen LogP contribution in [0.25, 0.3) is 21.7 Å². The minimum Gasteiger partial charge on any atom is -0.507 e. The summed E-state index contributed by atoms with van der Waals surface area (Å²) in [5.74, 6) is 0.875. The van der Waals surface area contributed by atoms with Gasteiger partial charge in [0.25, 0.3) is 5.88 Å². The second-order valence-electron chi connectivity index (χ2n) is 17.1. The summed E-state index contributed by atoms with van der Waals surface area (Å²) in [5.41, 5.74) is 5.95. The predicted octanol–water partition coefficient (Wildman–Crippen LogP) is 4.50. The molecule has 3 aromatic heterocycles. The Morgan fingerprint density at radius 1 is 1.06 bits per heavy atom. The molecule has 63 heavy (non-hydrogen) atoms. The van der Waals surface area contributed by atoms with Crippen molar-refractivity contribution in [1.82, 2.24) is 40.4 Å². The molecule has 3 saturated heterocycles. The second kappa shape index (κ2) is 18.6. The van der Waals surface area contributed by atoms with Crippen molar-refractivity contribution in [2.75, 3.05) is 75.7 Å². The van der Waals surface area contributed by atoms with Gasteiger partial charge < -0.3 is 39.9 Å². The first-order valence-electron chi connectivity index (χ1n) is 21.7. The number of aliphatic hydroxyl groups excluding tert-OH is 1. The zero-order valence-electron chi connectivity index (χ0n) is 35.5. The lowest BCUT2D eigenvalue weighted by molar-refractivity contribution is -0.138. The summed E-state index contributed by atoms with van der Waals surface area (Å²) in [5, 5.41) is 40.0. The third-order valence-electron chi connectivity index (χ3n) is 12.8. The summed E-state index contributed by atoms with van der Waals surface area (Å²) in [6.07, 6.45) is 1.28. The van der Waals surface area contributed by atoms with Gasteiger partial charge in [-0.15, -0.1) is 21.5 Å². The van der Waals surface area contributed by atoms with Crippen molar-refractivity contribution >= 4 is 34.7 Å². The van der Waals surface area contributed by atoms with Crippen molar-refractivity contribution in [2.24, 2.45) is 5.92 Å². The number of halogens is 1. The number of carbonyl (C=O) groups excluding carboxylic acids is 2. The van der Waals surface area contributed by atoms with Crippen LogP contribution in [-0.4, -0.2) is 141 Å². The van der Waals surface area contributed by atoms with E-state index in [1.807, 2.05) is 25.1 Å². The van der Waals surface area contributed by atoms with Crippen LogP contribution >= 0.6 is 11.3 Å². The van der Waals surface area contributed by atoms with E-state index in [2.05, 4.69) is 45.7 Å². The summed E-state index contributed by atoms with van der Waals surface area (Å²) in [6, 6.07) is 14.5. The van der Waals surface area contributed by atoms with Gasteiger partial charge >= 0.3 is 0 Å². The minimum atomic E-state index is -0.917. The number of thiazole rings is 1. The molecule has 4 N–H and O–H groups in total. The number of aryl methyl sites for hydroxylation is 1. The van der Waals surface area contributed by atoms with Gasteiger partial charge in [-0.2, -0.15) is 0 Å². The summed E-state index contributed by atoms with van der Waals surface area (Å²) in [4.78, 5) is 40.8. The SMILES string of the molecule is Cc1ncsc1-c1ccc([C@H](C)NC(=O)[C@@H]2C[C@@H](O)CN2C(=O)Cc2cc(OCCN3CCC(CN4CCN5c6cc(-c7ccccc7O)nnc6NC[C@H]5C4)CC3)no2)c(F)c1. The largest absolute Gasteiger partial charge is 0.507 e. The van der Waals surface area contributed by atoms with Crippen LogP contribution in [0.2, 0.25) is 0 Å². The number of rotatable bonds is 13. The van der Waals surface area contributed by atoms with Crippen LogP contribution in [0.15, 0.2) is 64.6 Å². The average molecular weight is 881 g/mol. The lowest BCUT2D eigenvalue weighted by Gasteiger charge is -2.47. The number of hydrogen-bond donors (Lipinski definition) is 4. The zero-order chi connectivity index (χ0) is 43.6. The predicted molar refractivity (Wildman–Crippen MR) is 235 cm³/mol. The number of aromatic nitrogens is 4. The molecule has 4 atom stereocenters. The van der Waals surface area contributed by atoms with E-state index in [1.165, 1.54) is 22.3 Å². The molecule has 9 rings (SSSR count). The van der Waals surface area contributed by atoms with Gasteiger partial charge in [-0.1, -0.05) is 24.3 Å². The molecule has 4 aliphatic heterocycles. The van der Waals surface area contributed by atoms with E-state index in [1.54, 1.807) is 42.8 Å². The molecule has 7 heterocycles. The maximum atomic E-state index is 15.2. The smallest absolute Gasteiger partial charge is 0.254 e. The maximum absolute atomic E-state index is 15.2. The molecule has 0 aliphatic carbocycles. The number of nitrogens with one attached hydrogen (secondary N) is 2. The molecule has 0 saturated carbocycles. The standard InChI is InChI=1S/C45H53FN10O6S/c1-27(34-8-7-30(17-36(34)46)43-28(2)48-26-63-43)49-45(60)39-18-32(57)25-56(39)42(59)20-33-19-41(52-62-33)61-16-15-53-11-9-29(10-12-53)23-54-13-14-55-31(24-54)22-47-44-38(55)21-37(50-51-44)35-5-3-4-6-40(35)58/h3-8,17,19,21,26-27,29,31-32,39,57-58H,9-16,18,20,22-25H2,1-2H3,(H,47,51)(H,49,60)/t27-,31-,32+,39-/m0/s1. The molecule has 2 amide bonds. The second-order valence-corrected chi connectivity index (χ2v) is 17.9. The number of para-hydroxylation sites is 1. The van der Waals surface area contributed by atoms with Gasteiger partial charge in [-0.3, -0.25) is 19.4 Å². The number of piperazine rings is 1. The Hall–Kier alpha value is -5.69. The lowest BCUT2D eigenvalue weighted by atomic mass is 9.95. The first-order chi connectivity index (χ1) is 30.6. The third kappa shape index (κ3) is 9.49. The van der Waals surface area contributed by atoms with Gasteiger partial charge in [0, 0.05) is 69.4 Å². The summed E-state index contributed by atoms with van der Waals surface area (Å²) in [6.45, 7) is 11.4. The molecule has 0 spiro atoms. The fourth-order valence-corrected chi connectivity index (χ4v) is 10.2. The Bertz CT molecular complexity index is 2420. The first-order valence-corrected chi connectivity index (χ1v) is 22.6. The Morgan fingerprint density at radius 3 is 2.70 bits per heavy atom. The number of β-amino-alcohol motifs (C(OH)–C–C–N with tert-alkyl or cyclic N) is 1. The molecule has 0 bridgehead atoms. The number of nitrogens with zero attached hydrogens (tertiary/aromatic N) is 8. The number of fused-ring (bicyclic) bond motifs is 3. The van der Waals surface area contributed by atoms with E-state index < -0.39 is 35.8 Å². The van der Waals surface area contributed by atoms with E-state index in [-0.39, 0.29) is 31.0 Å². The first kappa shape index (κ1) is 42.6. The number of likely N-dealkylation sites (tertiary alicyclic amines) is 2. The summed E-state index contributed by atoms with van der Waals surface area (Å²) >= 11 is 1.43. The minimum absolute atomic E-state index is 0.00000580. The van der Waals surface area contributed by atoms with Gasteiger partial charge in [0.05, 0.1) is 52.1 Å². The van der Waals surface area contributed by atoms with E-state index >= 15 is 4.39 Å². The van der Waals surface area contributed by atoms with Crippen LogP contribution in [0.3, 0.4) is 0 Å². The molecular weight excluding hydrogens is 828 g/mol. The monoisotopic (exact) mass is 880 g/mol. The molecule has 0 unspecified atom stereocenters. The molecule has 332 valence electrons. The van der Waals surface area contributed by atoms with Gasteiger partial charge in [-0.05, 0) is 80.7 Å².